The number of guanidine groups is 1. The number of nitrogens with one attached hydrogen (secondary N) is 1. The number of hydrogen-bond donors (Lipinski definition) is 2. The van der Waals surface area contributed by atoms with Gasteiger partial charge in [-0.3, -0.25) is 0 Å². The maximum atomic E-state index is 13.4. The van der Waals surface area contributed by atoms with Crippen LogP contribution in [0, 0.1) is 5.82 Å². The fourth-order valence-corrected chi connectivity index (χ4v) is 1.61. The first kappa shape index (κ1) is 16.2. The van der Waals surface area contributed by atoms with Crippen LogP contribution < -0.4 is 15.8 Å². The lowest BCUT2D eigenvalue weighted by Crippen LogP contribution is -2.41. The Morgan fingerprint density at radius 1 is 1.40 bits per heavy atom. The summed E-state index contributed by atoms with van der Waals surface area (Å²) >= 11 is 0. The molecular weight excluding hydrogens is 261 g/mol. The highest BCUT2D eigenvalue weighted by molar-refractivity contribution is 5.78. The van der Waals surface area contributed by atoms with Gasteiger partial charge in [-0.05, 0) is 26.0 Å². The molecule has 1 aromatic carbocycles. The molecule has 0 heterocycles. The molecule has 5 nitrogen and oxygen atoms in total. The summed E-state index contributed by atoms with van der Waals surface area (Å²) in [5.41, 5.74) is 5.73. The monoisotopic (exact) mass is 283 g/mol. The Morgan fingerprint density at radius 2 is 2.10 bits per heavy atom. The fraction of sp³-hybridized carbons (Fsp3) is 0.500. The molecule has 0 saturated heterocycles. The number of aliphatic imine (C=N–C) groups is 1. The second kappa shape index (κ2) is 8.37. The van der Waals surface area contributed by atoms with Crippen LogP contribution >= 0.6 is 0 Å². The Kier molecular flexibility index (Phi) is 6.79. The zero-order valence-electron chi connectivity index (χ0n) is 12.1. The molecule has 0 aliphatic heterocycles. The van der Waals surface area contributed by atoms with Gasteiger partial charge < -0.3 is 20.5 Å². The summed E-state index contributed by atoms with van der Waals surface area (Å²) in [6, 6.07) is 6.35. The number of benzene rings is 1. The van der Waals surface area contributed by atoms with E-state index in [-0.39, 0.29) is 23.7 Å². The number of nitrogens with two attached hydrogens (primary N) is 1. The molecule has 2 atom stereocenters. The van der Waals surface area contributed by atoms with Crippen molar-refractivity contribution in [2.24, 2.45) is 10.7 Å². The van der Waals surface area contributed by atoms with Crippen LogP contribution in [0.3, 0.4) is 0 Å². The topological polar surface area (TPSA) is 68.9 Å². The Morgan fingerprint density at radius 3 is 2.75 bits per heavy atom. The third kappa shape index (κ3) is 5.88. The molecule has 0 bridgehead atoms. The summed E-state index contributed by atoms with van der Waals surface area (Å²) in [5.74, 6) is 0.149. The maximum absolute atomic E-state index is 13.4. The van der Waals surface area contributed by atoms with Gasteiger partial charge in [0.1, 0.15) is 6.10 Å². The number of halogens is 1. The van der Waals surface area contributed by atoms with E-state index >= 15 is 0 Å². The van der Waals surface area contributed by atoms with Crippen molar-refractivity contribution in [1.82, 2.24) is 5.32 Å². The second-order valence-electron chi connectivity index (χ2n) is 4.59. The van der Waals surface area contributed by atoms with E-state index in [9.17, 15) is 4.39 Å². The van der Waals surface area contributed by atoms with Gasteiger partial charge >= 0.3 is 0 Å². The normalized spacial score (nSPS) is 14.7. The molecule has 2 unspecified atom stereocenters. The summed E-state index contributed by atoms with van der Waals surface area (Å²) in [4.78, 5) is 4.15. The lowest BCUT2D eigenvalue weighted by molar-refractivity contribution is 0.179. The molecule has 0 aromatic heterocycles. The van der Waals surface area contributed by atoms with Crippen LogP contribution in [-0.4, -0.2) is 38.4 Å². The van der Waals surface area contributed by atoms with Crippen LogP contribution in [-0.2, 0) is 4.74 Å². The number of ether oxygens (including phenoxy) is 2. The highest BCUT2D eigenvalue weighted by Gasteiger charge is 2.08. The quantitative estimate of drug-likeness (QED) is 0.588. The maximum Gasteiger partial charge on any atom is 0.189 e. The summed E-state index contributed by atoms with van der Waals surface area (Å²) in [5, 5.41) is 2.98. The van der Waals surface area contributed by atoms with Crippen LogP contribution in [0.25, 0.3) is 0 Å². The number of para-hydroxylation sites is 1. The Labute approximate surface area is 119 Å². The van der Waals surface area contributed by atoms with Crippen molar-refractivity contribution < 1.29 is 13.9 Å². The molecule has 112 valence electrons. The van der Waals surface area contributed by atoms with Gasteiger partial charge in [0.25, 0.3) is 0 Å². The highest BCUT2D eigenvalue weighted by Crippen LogP contribution is 2.16. The van der Waals surface area contributed by atoms with Gasteiger partial charge in [-0.25, -0.2) is 9.38 Å². The van der Waals surface area contributed by atoms with Gasteiger partial charge in [0.05, 0.1) is 13.2 Å². The standard InChI is InChI=1S/C14H22FN3O2/c1-10(9-19-3)18-14(16)17-8-11(2)20-13-7-5-4-6-12(13)15/h4-7,10-11H,8-9H2,1-3H3,(H3,16,17,18). The van der Waals surface area contributed by atoms with Gasteiger partial charge in [0.2, 0.25) is 0 Å². The van der Waals surface area contributed by atoms with Crippen molar-refractivity contribution in [2.45, 2.75) is 26.0 Å². The molecule has 0 spiro atoms. The van der Waals surface area contributed by atoms with Gasteiger partial charge in [0, 0.05) is 13.2 Å². The number of methoxy groups -OCH3 is 1. The third-order valence-electron chi connectivity index (χ3n) is 2.49. The van der Waals surface area contributed by atoms with Crippen LogP contribution in [0.4, 0.5) is 4.39 Å². The Hall–Kier alpha value is -1.82. The predicted octanol–water partition coefficient (Wildman–Crippen LogP) is 1.53. The van der Waals surface area contributed by atoms with E-state index in [4.69, 9.17) is 15.2 Å². The average Bonchev–Trinajstić information content (AvgIpc) is 2.39. The van der Waals surface area contributed by atoms with E-state index in [1.165, 1.54) is 6.07 Å². The second-order valence-corrected chi connectivity index (χ2v) is 4.59. The summed E-state index contributed by atoms with van der Waals surface area (Å²) in [6.07, 6.45) is -0.273. The predicted molar refractivity (Wildman–Crippen MR) is 77.5 cm³/mol. The van der Waals surface area contributed by atoms with Crippen molar-refractivity contribution in [3.63, 3.8) is 0 Å². The lowest BCUT2D eigenvalue weighted by atomic mass is 10.3. The van der Waals surface area contributed by atoms with E-state index in [2.05, 4.69) is 10.3 Å². The average molecular weight is 283 g/mol. The molecule has 20 heavy (non-hydrogen) atoms. The van der Waals surface area contributed by atoms with Crippen molar-refractivity contribution in [3.8, 4) is 5.75 Å². The van der Waals surface area contributed by atoms with E-state index < -0.39 is 0 Å². The molecule has 0 radical (unpaired) electrons. The van der Waals surface area contributed by atoms with Crippen LogP contribution in [0.2, 0.25) is 0 Å². The zero-order chi connectivity index (χ0) is 15.0. The largest absolute Gasteiger partial charge is 0.486 e. The van der Waals surface area contributed by atoms with Crippen molar-refractivity contribution in [2.75, 3.05) is 20.3 Å². The molecule has 0 fully saturated rings. The molecule has 3 N–H and O–H groups in total. The summed E-state index contributed by atoms with van der Waals surface area (Å²) in [7, 11) is 1.62. The van der Waals surface area contributed by atoms with Crippen molar-refractivity contribution in [1.29, 1.82) is 0 Å². The molecule has 0 aliphatic carbocycles. The summed E-state index contributed by atoms with van der Waals surface area (Å²) in [6.45, 7) is 4.62. The SMILES string of the molecule is COCC(C)NC(N)=NCC(C)Oc1ccccc1F. The van der Waals surface area contributed by atoms with Gasteiger partial charge in [-0.15, -0.1) is 0 Å². The van der Waals surface area contributed by atoms with Crippen LogP contribution in [0.1, 0.15) is 13.8 Å². The Balaban J connectivity index is 2.42. The van der Waals surface area contributed by atoms with E-state index in [1.54, 1.807) is 25.3 Å². The molecule has 0 aliphatic rings. The minimum absolute atomic E-state index is 0.0755. The molecule has 6 heteroatoms. The molecule has 1 rings (SSSR count). The molecule has 1 aromatic rings. The van der Waals surface area contributed by atoms with Crippen molar-refractivity contribution >= 4 is 5.96 Å². The Bertz CT molecular complexity index is 440. The number of nitrogens with zero attached hydrogens (tertiary/aromatic N) is 1. The van der Waals surface area contributed by atoms with Crippen LogP contribution in [0.15, 0.2) is 29.3 Å². The first-order chi connectivity index (χ1) is 9.52. The zero-order valence-corrected chi connectivity index (χ0v) is 12.1. The number of hydrogen-bond acceptors (Lipinski definition) is 3. The summed E-state index contributed by atoms with van der Waals surface area (Å²) < 4.78 is 23.8. The van der Waals surface area contributed by atoms with E-state index in [0.29, 0.717) is 19.1 Å². The van der Waals surface area contributed by atoms with E-state index in [0.717, 1.165) is 0 Å². The van der Waals surface area contributed by atoms with Crippen molar-refractivity contribution in [3.05, 3.63) is 30.1 Å². The van der Waals surface area contributed by atoms with Crippen LogP contribution in [0.5, 0.6) is 5.75 Å². The van der Waals surface area contributed by atoms with Gasteiger partial charge in [0.15, 0.2) is 17.5 Å². The first-order valence-electron chi connectivity index (χ1n) is 6.49. The first-order valence-corrected chi connectivity index (χ1v) is 6.49. The van der Waals surface area contributed by atoms with Gasteiger partial charge in [-0.2, -0.15) is 0 Å². The smallest absolute Gasteiger partial charge is 0.189 e. The minimum Gasteiger partial charge on any atom is -0.486 e. The number of rotatable bonds is 7. The minimum atomic E-state index is -0.386. The van der Waals surface area contributed by atoms with Gasteiger partial charge in [-0.1, -0.05) is 12.1 Å². The third-order valence-corrected chi connectivity index (χ3v) is 2.49. The lowest BCUT2D eigenvalue weighted by Gasteiger charge is -2.15. The fourth-order valence-electron chi connectivity index (χ4n) is 1.61. The highest BCUT2D eigenvalue weighted by atomic mass is 19.1. The molecule has 0 saturated carbocycles. The molecular formula is C14H22FN3O2. The van der Waals surface area contributed by atoms with E-state index in [1.807, 2.05) is 13.8 Å². The molecule has 0 amide bonds.